The summed E-state index contributed by atoms with van der Waals surface area (Å²) in [4.78, 5) is 9.64. The minimum atomic E-state index is 0.501. The molecule has 0 spiro atoms. The molecule has 1 fully saturated rings. The van der Waals surface area contributed by atoms with Crippen molar-refractivity contribution in [1.29, 1.82) is 0 Å². The first-order valence-corrected chi connectivity index (χ1v) is 12.0. The number of rotatable bonds is 8. The van der Waals surface area contributed by atoms with Crippen LogP contribution in [0.25, 0.3) is 11.3 Å². The number of imidazole rings is 1. The maximum absolute atomic E-state index is 6.27. The summed E-state index contributed by atoms with van der Waals surface area (Å²) in [5, 5.41) is 0. The molecule has 0 bridgehead atoms. The molecular formula is C29H31N3O. The SMILES string of the molecule is c1ccc(COCc2c(-c3ccccc3)nc(C3CCCCC3)n2Cc2cccnc2)cc1. The van der Waals surface area contributed by atoms with E-state index in [1.165, 1.54) is 49.1 Å². The number of aromatic nitrogens is 3. The zero-order valence-electron chi connectivity index (χ0n) is 19.1. The minimum absolute atomic E-state index is 0.501. The third-order valence-corrected chi connectivity index (χ3v) is 6.53. The molecule has 33 heavy (non-hydrogen) atoms. The quantitative estimate of drug-likeness (QED) is 0.306. The number of ether oxygens (including phenoxy) is 1. The Kier molecular flexibility index (Phi) is 6.93. The number of hydrogen-bond acceptors (Lipinski definition) is 3. The molecule has 4 heteroatoms. The van der Waals surface area contributed by atoms with Gasteiger partial charge in [-0.3, -0.25) is 4.98 Å². The number of pyridine rings is 1. The largest absolute Gasteiger partial charge is 0.370 e. The predicted molar refractivity (Wildman–Crippen MR) is 132 cm³/mol. The second-order valence-corrected chi connectivity index (χ2v) is 8.89. The van der Waals surface area contributed by atoms with Gasteiger partial charge in [-0.1, -0.05) is 86.0 Å². The van der Waals surface area contributed by atoms with Gasteiger partial charge in [0.2, 0.25) is 0 Å². The van der Waals surface area contributed by atoms with Gasteiger partial charge in [0.1, 0.15) is 5.82 Å². The summed E-state index contributed by atoms with van der Waals surface area (Å²) >= 11 is 0. The number of hydrogen-bond donors (Lipinski definition) is 0. The first kappa shape index (κ1) is 21.6. The lowest BCUT2D eigenvalue weighted by atomic mass is 9.88. The lowest BCUT2D eigenvalue weighted by Crippen LogP contribution is -2.15. The molecule has 1 aliphatic rings. The normalized spacial score (nSPS) is 14.4. The van der Waals surface area contributed by atoms with E-state index in [2.05, 4.69) is 70.2 Å². The summed E-state index contributed by atoms with van der Waals surface area (Å²) in [5.41, 5.74) is 5.73. The van der Waals surface area contributed by atoms with Crippen LogP contribution < -0.4 is 0 Å². The molecule has 0 N–H and O–H groups in total. The van der Waals surface area contributed by atoms with Crippen molar-refractivity contribution in [3.63, 3.8) is 0 Å². The van der Waals surface area contributed by atoms with Crippen molar-refractivity contribution in [1.82, 2.24) is 14.5 Å². The van der Waals surface area contributed by atoms with Gasteiger partial charge in [-0.15, -0.1) is 0 Å². The minimum Gasteiger partial charge on any atom is -0.370 e. The van der Waals surface area contributed by atoms with Crippen LogP contribution in [0, 0.1) is 0 Å². The zero-order valence-corrected chi connectivity index (χ0v) is 19.1. The van der Waals surface area contributed by atoms with E-state index in [0.717, 1.165) is 23.5 Å². The summed E-state index contributed by atoms with van der Waals surface area (Å²) in [6, 6.07) is 25.1. The highest BCUT2D eigenvalue weighted by atomic mass is 16.5. The summed E-state index contributed by atoms with van der Waals surface area (Å²) in [7, 11) is 0. The van der Waals surface area contributed by atoms with Crippen molar-refractivity contribution in [2.45, 2.75) is 57.8 Å². The van der Waals surface area contributed by atoms with Gasteiger partial charge < -0.3 is 9.30 Å². The lowest BCUT2D eigenvalue weighted by molar-refractivity contribution is 0.102. The Morgan fingerprint density at radius 2 is 1.52 bits per heavy atom. The molecule has 0 radical (unpaired) electrons. The summed E-state index contributed by atoms with van der Waals surface area (Å²) in [6.45, 7) is 1.88. The van der Waals surface area contributed by atoms with E-state index < -0.39 is 0 Å². The van der Waals surface area contributed by atoms with Gasteiger partial charge in [0.25, 0.3) is 0 Å². The molecular weight excluding hydrogens is 406 g/mol. The first-order chi connectivity index (χ1) is 16.4. The topological polar surface area (TPSA) is 39.9 Å². The van der Waals surface area contributed by atoms with E-state index in [0.29, 0.717) is 19.1 Å². The maximum atomic E-state index is 6.27. The average Bonchev–Trinajstić information content (AvgIpc) is 3.24. The standard InChI is InChI=1S/C29H31N3O/c1-4-11-23(12-5-1)21-33-22-27-28(25-14-6-2-7-15-25)31-29(26-16-8-3-9-17-26)32(27)20-24-13-10-18-30-19-24/h1-2,4-7,10-15,18-19,26H,3,8-9,16-17,20-22H2. The van der Waals surface area contributed by atoms with E-state index in [1.54, 1.807) is 0 Å². The number of benzene rings is 2. The third kappa shape index (κ3) is 5.23. The molecule has 0 saturated heterocycles. The van der Waals surface area contributed by atoms with Crippen LogP contribution >= 0.6 is 0 Å². The van der Waals surface area contributed by atoms with Crippen LogP contribution in [0.15, 0.2) is 85.2 Å². The molecule has 2 heterocycles. The molecule has 168 valence electrons. The third-order valence-electron chi connectivity index (χ3n) is 6.53. The monoisotopic (exact) mass is 437 g/mol. The van der Waals surface area contributed by atoms with Crippen molar-refractivity contribution < 1.29 is 4.74 Å². The molecule has 1 saturated carbocycles. The van der Waals surface area contributed by atoms with Gasteiger partial charge in [0.05, 0.1) is 31.1 Å². The van der Waals surface area contributed by atoms with E-state index in [1.807, 2.05) is 24.5 Å². The van der Waals surface area contributed by atoms with Gasteiger partial charge in [0.15, 0.2) is 0 Å². The molecule has 2 aromatic carbocycles. The number of nitrogens with zero attached hydrogens (tertiary/aromatic N) is 3. The molecule has 1 aliphatic carbocycles. The predicted octanol–water partition coefficient (Wildman–Crippen LogP) is 6.76. The first-order valence-electron chi connectivity index (χ1n) is 12.0. The van der Waals surface area contributed by atoms with E-state index in [4.69, 9.17) is 9.72 Å². The summed E-state index contributed by atoms with van der Waals surface area (Å²) < 4.78 is 8.69. The van der Waals surface area contributed by atoms with Gasteiger partial charge in [-0.25, -0.2) is 4.98 Å². The van der Waals surface area contributed by atoms with Crippen LogP contribution in [0.2, 0.25) is 0 Å². The van der Waals surface area contributed by atoms with E-state index in [-0.39, 0.29) is 0 Å². The fourth-order valence-corrected chi connectivity index (χ4v) is 4.84. The molecule has 0 aliphatic heterocycles. The summed E-state index contributed by atoms with van der Waals surface area (Å²) in [6.07, 6.45) is 10.1. The van der Waals surface area contributed by atoms with Gasteiger partial charge >= 0.3 is 0 Å². The average molecular weight is 438 g/mol. The fraction of sp³-hybridized carbons (Fsp3) is 0.310. The van der Waals surface area contributed by atoms with Gasteiger partial charge in [-0.2, -0.15) is 0 Å². The fourth-order valence-electron chi connectivity index (χ4n) is 4.84. The van der Waals surface area contributed by atoms with Crippen molar-refractivity contribution >= 4 is 0 Å². The van der Waals surface area contributed by atoms with Crippen molar-refractivity contribution in [2.75, 3.05) is 0 Å². The van der Waals surface area contributed by atoms with Crippen molar-refractivity contribution in [3.8, 4) is 11.3 Å². The molecule has 5 rings (SSSR count). The Hall–Kier alpha value is -3.24. The van der Waals surface area contributed by atoms with Crippen molar-refractivity contribution in [2.24, 2.45) is 0 Å². The molecule has 4 nitrogen and oxygen atoms in total. The second kappa shape index (κ2) is 10.6. The van der Waals surface area contributed by atoms with Crippen LogP contribution in [0.5, 0.6) is 0 Å². The van der Waals surface area contributed by atoms with Crippen LogP contribution in [0.4, 0.5) is 0 Å². The maximum Gasteiger partial charge on any atom is 0.113 e. The van der Waals surface area contributed by atoms with Crippen molar-refractivity contribution in [3.05, 3.63) is 108 Å². The Morgan fingerprint density at radius 3 is 2.24 bits per heavy atom. The Labute approximate surface area is 196 Å². The molecule has 2 aromatic heterocycles. The summed E-state index contributed by atoms with van der Waals surface area (Å²) in [5.74, 6) is 1.71. The molecule has 4 aromatic rings. The second-order valence-electron chi connectivity index (χ2n) is 8.89. The lowest BCUT2D eigenvalue weighted by Gasteiger charge is -2.23. The molecule has 0 amide bonds. The molecule has 0 unspecified atom stereocenters. The highest BCUT2D eigenvalue weighted by Crippen LogP contribution is 2.36. The molecule has 0 atom stereocenters. The Balaban J connectivity index is 1.53. The van der Waals surface area contributed by atoms with Gasteiger partial charge in [-0.05, 0) is 30.0 Å². The van der Waals surface area contributed by atoms with Crippen LogP contribution in [0.3, 0.4) is 0 Å². The van der Waals surface area contributed by atoms with Crippen LogP contribution in [-0.2, 0) is 24.5 Å². The van der Waals surface area contributed by atoms with Gasteiger partial charge in [0, 0.05) is 23.9 Å². The van der Waals surface area contributed by atoms with Crippen LogP contribution in [0.1, 0.15) is 60.7 Å². The highest BCUT2D eigenvalue weighted by molar-refractivity contribution is 5.62. The van der Waals surface area contributed by atoms with Crippen LogP contribution in [-0.4, -0.2) is 14.5 Å². The Morgan fingerprint density at radius 1 is 0.788 bits per heavy atom. The zero-order chi connectivity index (χ0) is 22.3. The van der Waals surface area contributed by atoms with E-state index >= 15 is 0 Å². The Bertz CT molecular complexity index is 1130. The highest BCUT2D eigenvalue weighted by Gasteiger charge is 2.26. The smallest absolute Gasteiger partial charge is 0.113 e. The van der Waals surface area contributed by atoms with E-state index in [9.17, 15) is 0 Å².